The summed E-state index contributed by atoms with van der Waals surface area (Å²) in [6.07, 6.45) is 8.52. The maximum atomic E-state index is 2.29. The van der Waals surface area contributed by atoms with Gasteiger partial charge in [-0.25, -0.2) is 0 Å². The maximum absolute atomic E-state index is 2.29. The molecule has 5 rings (SSSR count). The molecular weight excluding hydrogens is 446 g/mol. The molecule has 5 aromatic rings. The monoisotopic (exact) mass is 477 g/mol. The smallest absolute Gasteiger partial charge is 0.0462 e. The summed E-state index contributed by atoms with van der Waals surface area (Å²) in [5.74, 6) is 0. The number of hydrogen-bond donors (Lipinski definition) is 0. The first-order valence-electron chi connectivity index (χ1n) is 12.7. The molecule has 0 unspecified atom stereocenters. The van der Waals surface area contributed by atoms with Crippen LogP contribution in [-0.2, 0) is 0 Å². The minimum absolute atomic E-state index is 1.13. The van der Waals surface area contributed by atoms with E-state index < -0.39 is 0 Å². The summed E-state index contributed by atoms with van der Waals surface area (Å²) in [5.41, 5.74) is 10.7. The highest BCUT2D eigenvalue weighted by molar-refractivity contribution is 5.79. The third-order valence-electron chi connectivity index (χ3n) is 6.44. The van der Waals surface area contributed by atoms with E-state index in [4.69, 9.17) is 0 Å². The summed E-state index contributed by atoms with van der Waals surface area (Å²) in [6.45, 7) is 4.16. The second-order valence-corrected chi connectivity index (χ2v) is 9.18. The molecule has 0 spiro atoms. The summed E-state index contributed by atoms with van der Waals surface area (Å²) in [4.78, 5) is 2.29. The minimum atomic E-state index is 1.13. The Morgan fingerprint density at radius 2 is 0.838 bits per heavy atom. The zero-order valence-corrected chi connectivity index (χ0v) is 21.4. The number of rotatable bonds is 7. The zero-order valence-electron chi connectivity index (χ0n) is 21.4. The first kappa shape index (κ1) is 24.1. The van der Waals surface area contributed by atoms with E-state index in [2.05, 4.69) is 164 Å². The van der Waals surface area contributed by atoms with E-state index in [1.807, 2.05) is 6.92 Å². The van der Waals surface area contributed by atoms with Crippen LogP contribution in [0.2, 0.25) is 0 Å². The van der Waals surface area contributed by atoms with Crippen molar-refractivity contribution in [1.82, 2.24) is 0 Å². The second-order valence-electron chi connectivity index (χ2n) is 9.18. The molecule has 5 aromatic carbocycles. The zero-order chi connectivity index (χ0) is 25.5. The molecule has 0 radical (unpaired) electrons. The first-order valence-corrected chi connectivity index (χ1v) is 12.7. The van der Waals surface area contributed by atoms with E-state index in [9.17, 15) is 0 Å². The molecule has 1 heteroatoms. The van der Waals surface area contributed by atoms with Crippen LogP contribution in [0.15, 0.2) is 133 Å². The van der Waals surface area contributed by atoms with Crippen LogP contribution < -0.4 is 4.90 Å². The average molecular weight is 478 g/mol. The number of aryl methyl sites for hydroxylation is 1. The fourth-order valence-corrected chi connectivity index (χ4v) is 4.41. The van der Waals surface area contributed by atoms with Gasteiger partial charge in [-0.15, -0.1) is 0 Å². The largest absolute Gasteiger partial charge is 0.311 e. The molecule has 0 aliphatic heterocycles. The molecule has 1 nitrogen and oxygen atoms in total. The quantitative estimate of drug-likeness (QED) is 0.211. The van der Waals surface area contributed by atoms with Gasteiger partial charge in [0, 0.05) is 17.1 Å². The Morgan fingerprint density at radius 1 is 0.432 bits per heavy atom. The number of allylic oxidation sites excluding steroid dienone is 1. The molecule has 37 heavy (non-hydrogen) atoms. The van der Waals surface area contributed by atoms with Gasteiger partial charge in [0.2, 0.25) is 0 Å². The van der Waals surface area contributed by atoms with Crippen molar-refractivity contribution in [3.05, 3.63) is 156 Å². The van der Waals surface area contributed by atoms with E-state index in [0.717, 1.165) is 17.1 Å². The summed E-state index contributed by atoms with van der Waals surface area (Å²) < 4.78 is 0. The van der Waals surface area contributed by atoms with Gasteiger partial charge in [0.15, 0.2) is 0 Å². The van der Waals surface area contributed by atoms with E-state index in [1.54, 1.807) is 0 Å². The highest BCUT2D eigenvalue weighted by Crippen LogP contribution is 2.34. The summed E-state index contributed by atoms with van der Waals surface area (Å²) in [5, 5.41) is 0. The number of para-hydroxylation sites is 1. The first-order chi connectivity index (χ1) is 18.2. The summed E-state index contributed by atoms with van der Waals surface area (Å²) in [7, 11) is 0. The van der Waals surface area contributed by atoms with Gasteiger partial charge in [0.1, 0.15) is 0 Å². The molecule has 0 saturated carbocycles. The van der Waals surface area contributed by atoms with Crippen molar-refractivity contribution in [3.63, 3.8) is 0 Å². The van der Waals surface area contributed by atoms with Gasteiger partial charge in [-0.2, -0.15) is 0 Å². The SMILES string of the molecule is CC=Cc1ccc(N(c2ccccc2)c2ccc(C=Cc3ccc(-c4ccc(C)cc4)cc3)cc2)cc1. The Kier molecular flexibility index (Phi) is 7.43. The normalized spacial score (nSPS) is 11.3. The number of hydrogen-bond acceptors (Lipinski definition) is 1. The number of anilines is 3. The standard InChI is InChI=1S/C36H31N/c1-3-7-29-16-24-35(25-17-29)37(34-8-5-4-6-9-34)36-26-18-31(19-27-36)13-12-30-14-22-33(23-15-30)32-20-10-28(2)11-21-32/h3-27H,1-2H3. The number of nitrogens with zero attached hydrogens (tertiary/aromatic N) is 1. The van der Waals surface area contributed by atoms with E-state index >= 15 is 0 Å². The molecule has 0 aliphatic rings. The lowest BCUT2D eigenvalue weighted by molar-refractivity contribution is 1.28. The van der Waals surface area contributed by atoms with Gasteiger partial charge in [0.25, 0.3) is 0 Å². The lowest BCUT2D eigenvalue weighted by atomic mass is 10.0. The fraction of sp³-hybridized carbons (Fsp3) is 0.0556. The van der Waals surface area contributed by atoms with Crippen LogP contribution in [0, 0.1) is 6.92 Å². The van der Waals surface area contributed by atoms with Gasteiger partial charge in [0.05, 0.1) is 0 Å². The van der Waals surface area contributed by atoms with Crippen molar-refractivity contribution in [2.75, 3.05) is 4.90 Å². The molecule has 0 N–H and O–H groups in total. The molecule has 0 amide bonds. The lowest BCUT2D eigenvalue weighted by Gasteiger charge is -2.25. The van der Waals surface area contributed by atoms with Crippen LogP contribution in [0.3, 0.4) is 0 Å². The van der Waals surface area contributed by atoms with Crippen molar-refractivity contribution in [1.29, 1.82) is 0 Å². The van der Waals surface area contributed by atoms with Gasteiger partial charge in [-0.3, -0.25) is 0 Å². The van der Waals surface area contributed by atoms with Gasteiger partial charge in [-0.1, -0.05) is 121 Å². The van der Waals surface area contributed by atoms with E-state index in [-0.39, 0.29) is 0 Å². The van der Waals surface area contributed by atoms with Crippen molar-refractivity contribution in [2.45, 2.75) is 13.8 Å². The summed E-state index contributed by atoms with van der Waals surface area (Å²) in [6, 6.07) is 45.3. The third kappa shape index (κ3) is 5.97. The van der Waals surface area contributed by atoms with Crippen LogP contribution in [0.4, 0.5) is 17.1 Å². The molecule has 0 heterocycles. The number of benzene rings is 5. The highest BCUT2D eigenvalue weighted by Gasteiger charge is 2.11. The van der Waals surface area contributed by atoms with E-state index in [0.29, 0.717) is 0 Å². The topological polar surface area (TPSA) is 3.24 Å². The lowest BCUT2D eigenvalue weighted by Crippen LogP contribution is -2.09. The molecule has 0 fully saturated rings. The third-order valence-corrected chi connectivity index (χ3v) is 6.44. The van der Waals surface area contributed by atoms with Crippen LogP contribution in [0.1, 0.15) is 29.2 Å². The van der Waals surface area contributed by atoms with Crippen LogP contribution in [-0.4, -0.2) is 0 Å². The molecule has 0 atom stereocenters. The van der Waals surface area contributed by atoms with E-state index in [1.165, 1.54) is 33.4 Å². The van der Waals surface area contributed by atoms with Crippen molar-refractivity contribution >= 4 is 35.3 Å². The Balaban J connectivity index is 1.35. The average Bonchev–Trinajstić information content (AvgIpc) is 2.95. The molecule has 0 bridgehead atoms. The van der Waals surface area contributed by atoms with Gasteiger partial charge < -0.3 is 4.90 Å². The summed E-state index contributed by atoms with van der Waals surface area (Å²) >= 11 is 0. The molecule has 0 aliphatic carbocycles. The Morgan fingerprint density at radius 3 is 1.32 bits per heavy atom. The second kappa shape index (κ2) is 11.4. The van der Waals surface area contributed by atoms with Crippen molar-refractivity contribution in [3.8, 4) is 11.1 Å². The van der Waals surface area contributed by atoms with Crippen LogP contribution >= 0.6 is 0 Å². The molecule has 0 aromatic heterocycles. The molecule has 180 valence electrons. The van der Waals surface area contributed by atoms with Gasteiger partial charge >= 0.3 is 0 Å². The van der Waals surface area contributed by atoms with Crippen LogP contribution in [0.25, 0.3) is 29.4 Å². The predicted octanol–water partition coefficient (Wildman–Crippen LogP) is 10.3. The van der Waals surface area contributed by atoms with Crippen molar-refractivity contribution < 1.29 is 0 Å². The van der Waals surface area contributed by atoms with Crippen molar-refractivity contribution in [2.24, 2.45) is 0 Å². The van der Waals surface area contributed by atoms with Gasteiger partial charge in [-0.05, 0) is 78.1 Å². The Bertz CT molecular complexity index is 1470. The fourth-order valence-electron chi connectivity index (χ4n) is 4.41. The molecular formula is C36H31N. The molecule has 0 saturated heterocycles. The van der Waals surface area contributed by atoms with Crippen LogP contribution in [0.5, 0.6) is 0 Å². The Labute approximate surface area is 220 Å². The predicted molar refractivity (Wildman–Crippen MR) is 161 cm³/mol. The Hall–Kier alpha value is -4.62. The minimum Gasteiger partial charge on any atom is -0.311 e. The maximum Gasteiger partial charge on any atom is 0.0462 e. The highest BCUT2D eigenvalue weighted by atomic mass is 15.1.